The van der Waals surface area contributed by atoms with Gasteiger partial charge in [0.2, 0.25) is 0 Å². The van der Waals surface area contributed by atoms with Gasteiger partial charge < -0.3 is 43.3 Å². The van der Waals surface area contributed by atoms with E-state index in [4.69, 9.17) is 23.7 Å². The summed E-state index contributed by atoms with van der Waals surface area (Å²) in [6.45, 7) is 23.2. The molecule has 0 bridgehead atoms. The van der Waals surface area contributed by atoms with Gasteiger partial charge in [0.05, 0.1) is 0 Å². The van der Waals surface area contributed by atoms with Crippen LogP contribution in [0.4, 0.5) is 0 Å². The van der Waals surface area contributed by atoms with E-state index in [2.05, 4.69) is 0 Å². The second-order valence-corrected chi connectivity index (χ2v) is 22.1. The van der Waals surface area contributed by atoms with E-state index in [1.54, 1.807) is 54.6 Å². The molecule has 406 valence electrons. The lowest BCUT2D eigenvalue weighted by Crippen LogP contribution is -2.55. The average molecular weight is 1020 g/mol. The number of hydrogen-bond donors (Lipinski definition) is 0. The van der Waals surface area contributed by atoms with Crippen molar-refractivity contribution in [3.8, 4) is 5.75 Å². The van der Waals surface area contributed by atoms with E-state index < -0.39 is 102 Å². The van der Waals surface area contributed by atoms with Crippen LogP contribution in [-0.2, 0) is 70.1 Å². The van der Waals surface area contributed by atoms with E-state index in [0.29, 0.717) is 16.9 Å². The zero-order valence-corrected chi connectivity index (χ0v) is 46.5. The lowest BCUT2D eigenvalue weighted by atomic mass is 10.00. The van der Waals surface area contributed by atoms with Crippen LogP contribution in [0.5, 0.6) is 5.75 Å². The minimum absolute atomic E-state index is 0.0880. The van der Waals surface area contributed by atoms with Crippen molar-refractivity contribution in [1.29, 1.82) is 0 Å². The van der Waals surface area contributed by atoms with E-state index in [9.17, 15) is 38.4 Å². The Morgan fingerprint density at radius 1 is 0.438 bits per heavy atom. The van der Waals surface area contributed by atoms with Gasteiger partial charge >= 0.3 is 23.9 Å². The fourth-order valence-corrected chi connectivity index (χ4v) is 8.57. The third kappa shape index (κ3) is 18.5. The zero-order chi connectivity index (χ0) is 55.2. The van der Waals surface area contributed by atoms with Crippen molar-refractivity contribution >= 4 is 47.5 Å². The van der Waals surface area contributed by atoms with Crippen LogP contribution in [0.15, 0.2) is 54.6 Å². The molecule has 1 saturated heterocycles. The Balaban J connectivity index is 2.26. The largest absolute Gasteiger partial charge is 0.488 e. The molecule has 0 unspecified atom stereocenters. The Kier molecular flexibility index (Phi) is 23.0. The summed E-state index contributed by atoms with van der Waals surface area (Å²) >= 11 is 0. The number of nitrogens with zero attached hydrogens (tertiary/aromatic N) is 4. The lowest BCUT2D eigenvalue weighted by molar-refractivity contribution is -0.176. The predicted octanol–water partition coefficient (Wildman–Crippen LogP) is 6.84. The predicted molar refractivity (Wildman–Crippen MR) is 276 cm³/mol. The van der Waals surface area contributed by atoms with E-state index in [1.165, 1.54) is 42.0 Å². The first kappa shape index (κ1) is 61.3. The van der Waals surface area contributed by atoms with Gasteiger partial charge in [-0.15, -0.1) is 0 Å². The van der Waals surface area contributed by atoms with Crippen molar-refractivity contribution in [3.05, 3.63) is 65.7 Å². The topological polar surface area (TPSA) is 196 Å². The third-order valence-electron chi connectivity index (χ3n) is 12.5. The molecule has 1 heterocycles. The average Bonchev–Trinajstić information content (AvgIpc) is 3.30. The molecule has 0 N–H and O–H groups in total. The summed E-state index contributed by atoms with van der Waals surface area (Å²) in [5, 5.41) is 0. The molecule has 3 rings (SSSR count). The van der Waals surface area contributed by atoms with Gasteiger partial charge in [-0.25, -0.2) is 19.2 Å². The van der Waals surface area contributed by atoms with Crippen molar-refractivity contribution in [2.75, 3.05) is 28.2 Å². The van der Waals surface area contributed by atoms with Crippen molar-refractivity contribution in [3.63, 3.8) is 0 Å². The summed E-state index contributed by atoms with van der Waals surface area (Å²) in [5.41, 5.74) is 0.740. The summed E-state index contributed by atoms with van der Waals surface area (Å²) in [4.78, 5) is 120. The molecule has 2 aromatic rings. The maximum atomic E-state index is 14.9. The molecule has 4 amide bonds. The van der Waals surface area contributed by atoms with Crippen LogP contribution in [0.25, 0.3) is 0 Å². The molecule has 2 aromatic carbocycles. The Morgan fingerprint density at radius 3 is 1.03 bits per heavy atom. The molecule has 1 aliphatic heterocycles. The lowest BCUT2D eigenvalue weighted by Gasteiger charge is -2.35. The maximum absolute atomic E-state index is 14.9. The molecular formula is C56H84N4O13. The van der Waals surface area contributed by atoms with Crippen LogP contribution in [0.2, 0.25) is 0 Å². The number of rotatable bonds is 13. The van der Waals surface area contributed by atoms with Crippen molar-refractivity contribution in [2.45, 2.75) is 183 Å². The second kappa shape index (κ2) is 27.3. The first-order chi connectivity index (χ1) is 33.9. The van der Waals surface area contributed by atoms with Gasteiger partial charge in [0, 0.05) is 41.0 Å². The fourth-order valence-electron chi connectivity index (χ4n) is 8.57. The third-order valence-corrected chi connectivity index (χ3v) is 12.5. The monoisotopic (exact) mass is 1020 g/mol. The minimum atomic E-state index is -1.53. The number of cyclic esters (lactones) is 4. The number of hydrogen-bond acceptors (Lipinski definition) is 13. The summed E-state index contributed by atoms with van der Waals surface area (Å²) < 4.78 is 29.9. The number of esters is 4. The summed E-state index contributed by atoms with van der Waals surface area (Å²) in [5.74, 6) is -6.73. The molecular weight excluding hydrogens is 937 g/mol. The Morgan fingerprint density at radius 2 is 0.726 bits per heavy atom. The van der Waals surface area contributed by atoms with Crippen molar-refractivity contribution in [1.82, 2.24) is 19.6 Å². The van der Waals surface area contributed by atoms with Crippen LogP contribution in [-0.4, -0.2) is 149 Å². The Labute approximate surface area is 433 Å². The highest BCUT2D eigenvalue weighted by molar-refractivity contribution is 5.94. The van der Waals surface area contributed by atoms with E-state index in [1.807, 2.05) is 76.2 Å². The SMILES string of the molecule is CC(C)C[C@H]1C(=O)O[C@H](Cc2ccc(OC(C)(C)C)cc2)C(=O)N(C)[C@@H](CC(C)C)C(=O)O[C@H](C)C(=O)N(C)[C@@H](CC(C)C)C(=O)O[C@H](Cc2ccccc2)C(=O)N(C)[C@@H](CC(C)C)C(=O)O[C@H](C)C(=O)N1C. The van der Waals surface area contributed by atoms with Crippen molar-refractivity contribution in [2.24, 2.45) is 23.7 Å². The zero-order valence-electron chi connectivity index (χ0n) is 46.5. The molecule has 1 aliphatic rings. The molecule has 17 heteroatoms. The number of ether oxygens (including phenoxy) is 5. The van der Waals surface area contributed by atoms with Crippen LogP contribution >= 0.6 is 0 Å². The minimum Gasteiger partial charge on any atom is -0.488 e. The van der Waals surface area contributed by atoms with Gasteiger partial charge in [0.15, 0.2) is 24.4 Å². The molecule has 73 heavy (non-hydrogen) atoms. The first-order valence-electron chi connectivity index (χ1n) is 25.6. The molecule has 0 spiro atoms. The van der Waals surface area contributed by atoms with Gasteiger partial charge in [-0.3, -0.25) is 19.2 Å². The van der Waals surface area contributed by atoms with Crippen LogP contribution < -0.4 is 4.74 Å². The van der Waals surface area contributed by atoms with Gasteiger partial charge in [0.1, 0.15) is 35.5 Å². The molecule has 8 atom stereocenters. The summed E-state index contributed by atoms with van der Waals surface area (Å²) in [6.07, 6.45) is -5.79. The van der Waals surface area contributed by atoms with Gasteiger partial charge in [-0.1, -0.05) is 97.9 Å². The van der Waals surface area contributed by atoms with E-state index in [-0.39, 0.29) is 62.2 Å². The molecule has 0 aromatic heterocycles. The van der Waals surface area contributed by atoms with E-state index in [0.717, 1.165) is 19.6 Å². The number of amides is 4. The Hall–Kier alpha value is -6.00. The maximum Gasteiger partial charge on any atom is 0.329 e. The standard InChI is InChI=1S/C56H84N4O13/c1-33(2)27-42-52(65)69-38(10)49(62)58(15)45(30-36(7)8)55(68)72-47(32-40-23-25-41(26-24-40)73-56(11,12)13)51(64)60(17)43(28-34(3)4)53(66)70-37(9)48(61)57(14)44(29-35(5)6)54(67)71-46(50(63)59(42)16)31-39-21-19-18-20-22-39/h18-26,33-38,42-47H,27-32H2,1-17H3/t37-,38-,42+,43+,44+,45+,46-,47-/m1/s1. The number of carbonyl (C=O) groups is 8. The molecule has 1 fully saturated rings. The first-order valence-corrected chi connectivity index (χ1v) is 25.6. The number of likely N-dealkylation sites (N-methyl/N-ethyl adjacent to an activating group) is 4. The summed E-state index contributed by atoms with van der Waals surface area (Å²) in [6, 6.07) is 10.7. The Bertz CT molecular complexity index is 2170. The molecule has 0 aliphatic carbocycles. The number of carbonyl (C=O) groups excluding carboxylic acids is 8. The van der Waals surface area contributed by atoms with Crippen LogP contribution in [0, 0.1) is 23.7 Å². The van der Waals surface area contributed by atoms with Crippen molar-refractivity contribution < 1.29 is 62.0 Å². The normalized spacial score (nSPS) is 24.5. The van der Waals surface area contributed by atoms with Crippen LogP contribution in [0.1, 0.15) is 127 Å². The quantitative estimate of drug-likeness (QED) is 0.150. The van der Waals surface area contributed by atoms with E-state index >= 15 is 0 Å². The fraction of sp³-hybridized carbons (Fsp3) is 0.643. The van der Waals surface area contributed by atoms with Gasteiger partial charge in [-0.05, 0) is 107 Å². The van der Waals surface area contributed by atoms with Gasteiger partial charge in [0.25, 0.3) is 23.6 Å². The van der Waals surface area contributed by atoms with Gasteiger partial charge in [-0.2, -0.15) is 0 Å². The highest BCUT2D eigenvalue weighted by Crippen LogP contribution is 2.25. The highest BCUT2D eigenvalue weighted by atomic mass is 16.6. The summed E-state index contributed by atoms with van der Waals surface area (Å²) in [7, 11) is 5.55. The number of benzene rings is 2. The molecule has 0 radical (unpaired) electrons. The van der Waals surface area contributed by atoms with Crippen LogP contribution in [0.3, 0.4) is 0 Å². The molecule has 0 saturated carbocycles. The second-order valence-electron chi connectivity index (χ2n) is 22.1. The smallest absolute Gasteiger partial charge is 0.329 e. The molecule has 17 nitrogen and oxygen atoms in total. The highest BCUT2D eigenvalue weighted by Gasteiger charge is 2.43.